The Labute approximate surface area is 189 Å². The summed E-state index contributed by atoms with van der Waals surface area (Å²) in [5, 5.41) is 3.63. The number of anilines is 2. The summed E-state index contributed by atoms with van der Waals surface area (Å²) in [4.78, 5) is 16.0. The van der Waals surface area contributed by atoms with Crippen molar-refractivity contribution in [2.24, 2.45) is 0 Å². The van der Waals surface area contributed by atoms with E-state index in [0.717, 1.165) is 80.3 Å². The molecular weight excluding hydrogens is 402 g/mol. The molecule has 0 amide bonds. The van der Waals surface area contributed by atoms with Crippen LogP contribution in [0.5, 0.6) is 5.75 Å². The molecule has 7 heteroatoms. The lowest BCUT2D eigenvalue weighted by atomic mass is 9.92. The Morgan fingerprint density at radius 1 is 0.969 bits per heavy atom. The normalized spacial score (nSPS) is 21.5. The molecule has 1 N–H and O–H groups in total. The quantitative estimate of drug-likeness (QED) is 0.644. The number of aromatic nitrogens is 3. The Morgan fingerprint density at radius 3 is 2.53 bits per heavy atom. The monoisotopic (exact) mass is 433 g/mol. The van der Waals surface area contributed by atoms with Gasteiger partial charge in [0.15, 0.2) is 0 Å². The average Bonchev–Trinajstić information content (AvgIpc) is 2.82. The average molecular weight is 434 g/mol. The van der Waals surface area contributed by atoms with Crippen molar-refractivity contribution in [3.05, 3.63) is 47.9 Å². The fourth-order valence-electron chi connectivity index (χ4n) is 4.69. The van der Waals surface area contributed by atoms with Crippen LogP contribution in [0.3, 0.4) is 0 Å². The van der Waals surface area contributed by atoms with Crippen molar-refractivity contribution >= 4 is 22.5 Å². The molecule has 1 aromatic carbocycles. The molecule has 168 valence electrons. The molecular formula is C25H31N5O2. The van der Waals surface area contributed by atoms with Gasteiger partial charge < -0.3 is 19.7 Å². The van der Waals surface area contributed by atoms with Crippen molar-refractivity contribution in [1.29, 1.82) is 0 Å². The van der Waals surface area contributed by atoms with E-state index in [9.17, 15) is 0 Å². The molecule has 1 aliphatic heterocycles. The molecule has 5 rings (SSSR count). The van der Waals surface area contributed by atoms with Gasteiger partial charge in [-0.05, 0) is 56.7 Å². The van der Waals surface area contributed by atoms with E-state index in [2.05, 4.69) is 57.2 Å². The number of nitrogens with zero attached hydrogens (tertiary/aromatic N) is 4. The summed E-state index contributed by atoms with van der Waals surface area (Å²) >= 11 is 0. The fourth-order valence-corrected chi connectivity index (χ4v) is 4.69. The van der Waals surface area contributed by atoms with Crippen LogP contribution in [0, 0.1) is 13.8 Å². The third kappa shape index (κ3) is 4.63. The van der Waals surface area contributed by atoms with E-state index in [1.807, 2.05) is 6.20 Å². The summed E-state index contributed by atoms with van der Waals surface area (Å²) in [7, 11) is 0. The molecule has 0 bridgehead atoms. The molecule has 3 aromatic rings. The summed E-state index contributed by atoms with van der Waals surface area (Å²) in [6, 6.07) is 6.85. The van der Waals surface area contributed by atoms with Crippen molar-refractivity contribution in [3.8, 4) is 5.75 Å². The maximum atomic E-state index is 6.53. The van der Waals surface area contributed by atoms with E-state index in [1.54, 1.807) is 12.4 Å². The SMILES string of the molecule is Cc1cnc(N[C@H]2CC[C@@H](Oc3cc(N4CCOCC4)cc4nccnc34)CC2)c(C)c1. The highest BCUT2D eigenvalue weighted by Gasteiger charge is 2.24. The van der Waals surface area contributed by atoms with Crippen molar-refractivity contribution in [2.45, 2.75) is 51.7 Å². The second-order valence-electron chi connectivity index (χ2n) is 8.88. The van der Waals surface area contributed by atoms with Gasteiger partial charge in [-0.15, -0.1) is 0 Å². The molecule has 1 saturated carbocycles. The van der Waals surface area contributed by atoms with E-state index in [-0.39, 0.29) is 6.10 Å². The third-order valence-corrected chi connectivity index (χ3v) is 6.42. The second kappa shape index (κ2) is 9.28. The van der Waals surface area contributed by atoms with Gasteiger partial charge in [-0.3, -0.25) is 4.98 Å². The zero-order valence-electron chi connectivity index (χ0n) is 18.9. The van der Waals surface area contributed by atoms with Crippen LogP contribution in [-0.2, 0) is 4.74 Å². The first-order valence-electron chi connectivity index (χ1n) is 11.6. The van der Waals surface area contributed by atoms with Crippen LogP contribution in [0.1, 0.15) is 36.8 Å². The maximum Gasteiger partial charge on any atom is 0.149 e. The van der Waals surface area contributed by atoms with Gasteiger partial charge >= 0.3 is 0 Å². The zero-order chi connectivity index (χ0) is 21.9. The number of pyridine rings is 1. The Morgan fingerprint density at radius 2 is 1.75 bits per heavy atom. The zero-order valence-corrected chi connectivity index (χ0v) is 18.9. The molecule has 2 fully saturated rings. The number of ether oxygens (including phenoxy) is 2. The summed E-state index contributed by atoms with van der Waals surface area (Å²) in [5.41, 5.74) is 5.24. The Balaban J connectivity index is 1.27. The summed E-state index contributed by atoms with van der Waals surface area (Å²) in [6.07, 6.45) is 9.73. The molecule has 7 nitrogen and oxygen atoms in total. The third-order valence-electron chi connectivity index (χ3n) is 6.42. The highest BCUT2D eigenvalue weighted by molar-refractivity contribution is 5.85. The first-order chi connectivity index (χ1) is 15.7. The van der Waals surface area contributed by atoms with Gasteiger partial charge in [0.1, 0.15) is 17.1 Å². The lowest BCUT2D eigenvalue weighted by molar-refractivity contribution is 0.122. The molecule has 1 saturated heterocycles. The standard InChI is InChI=1S/C25H31N5O2/c1-17-13-18(2)25(28-16-17)29-19-3-5-21(6-4-19)32-23-15-20(30-9-11-31-12-10-30)14-22-24(23)27-8-7-26-22/h7-8,13-16,19,21H,3-6,9-12H2,1-2H3,(H,28,29)/t19-,21+. The van der Waals surface area contributed by atoms with Crippen LogP contribution in [0.2, 0.25) is 0 Å². The van der Waals surface area contributed by atoms with E-state index in [1.165, 1.54) is 11.1 Å². The van der Waals surface area contributed by atoms with Gasteiger partial charge in [0.25, 0.3) is 0 Å². The van der Waals surface area contributed by atoms with Crippen molar-refractivity contribution in [1.82, 2.24) is 15.0 Å². The van der Waals surface area contributed by atoms with E-state index < -0.39 is 0 Å². The second-order valence-corrected chi connectivity index (χ2v) is 8.88. The van der Waals surface area contributed by atoms with Crippen LogP contribution < -0.4 is 15.0 Å². The predicted molar refractivity (Wildman–Crippen MR) is 127 cm³/mol. The minimum Gasteiger partial charge on any atom is -0.488 e. The molecule has 2 aliphatic rings. The van der Waals surface area contributed by atoms with Gasteiger partial charge in [0, 0.05) is 49.5 Å². The molecule has 32 heavy (non-hydrogen) atoms. The number of morpholine rings is 1. The van der Waals surface area contributed by atoms with E-state index in [0.29, 0.717) is 6.04 Å². The number of hydrogen-bond donors (Lipinski definition) is 1. The number of rotatable bonds is 5. The Hall–Kier alpha value is -2.93. The van der Waals surface area contributed by atoms with Crippen LogP contribution in [0.15, 0.2) is 36.8 Å². The molecule has 1 aliphatic carbocycles. The number of fused-ring (bicyclic) bond motifs is 1. The van der Waals surface area contributed by atoms with Gasteiger partial charge in [-0.2, -0.15) is 0 Å². The molecule has 0 radical (unpaired) electrons. The summed E-state index contributed by atoms with van der Waals surface area (Å²) in [6.45, 7) is 7.46. The summed E-state index contributed by atoms with van der Waals surface area (Å²) < 4.78 is 12.0. The molecule has 0 atom stereocenters. The van der Waals surface area contributed by atoms with Gasteiger partial charge in [-0.25, -0.2) is 9.97 Å². The van der Waals surface area contributed by atoms with Crippen LogP contribution >= 0.6 is 0 Å². The molecule has 3 heterocycles. The number of aryl methyl sites for hydroxylation is 2. The van der Waals surface area contributed by atoms with E-state index in [4.69, 9.17) is 9.47 Å². The van der Waals surface area contributed by atoms with Crippen molar-refractivity contribution in [3.63, 3.8) is 0 Å². The first-order valence-corrected chi connectivity index (χ1v) is 11.6. The van der Waals surface area contributed by atoms with Crippen LogP contribution in [0.4, 0.5) is 11.5 Å². The van der Waals surface area contributed by atoms with Gasteiger partial charge in [0.2, 0.25) is 0 Å². The van der Waals surface area contributed by atoms with Gasteiger partial charge in [-0.1, -0.05) is 6.07 Å². The molecule has 0 unspecified atom stereocenters. The van der Waals surface area contributed by atoms with E-state index >= 15 is 0 Å². The van der Waals surface area contributed by atoms with Gasteiger partial charge in [0.05, 0.1) is 24.8 Å². The fraction of sp³-hybridized carbons (Fsp3) is 0.480. The molecule has 2 aromatic heterocycles. The number of hydrogen-bond acceptors (Lipinski definition) is 7. The summed E-state index contributed by atoms with van der Waals surface area (Å²) in [5.74, 6) is 1.84. The largest absolute Gasteiger partial charge is 0.488 e. The maximum absolute atomic E-state index is 6.53. The van der Waals surface area contributed by atoms with Crippen LogP contribution in [0.25, 0.3) is 11.0 Å². The molecule has 0 spiro atoms. The number of benzene rings is 1. The highest BCUT2D eigenvalue weighted by Crippen LogP contribution is 2.33. The van der Waals surface area contributed by atoms with Crippen molar-refractivity contribution < 1.29 is 9.47 Å². The van der Waals surface area contributed by atoms with Crippen LogP contribution in [-0.4, -0.2) is 53.4 Å². The number of nitrogens with one attached hydrogen (secondary N) is 1. The lowest BCUT2D eigenvalue weighted by Gasteiger charge is -2.31. The smallest absolute Gasteiger partial charge is 0.149 e. The Bertz CT molecular complexity index is 1080. The topological polar surface area (TPSA) is 72.4 Å². The van der Waals surface area contributed by atoms with Crippen molar-refractivity contribution in [2.75, 3.05) is 36.5 Å². The first kappa shape index (κ1) is 20.9. The lowest BCUT2D eigenvalue weighted by Crippen LogP contribution is -2.36. The highest BCUT2D eigenvalue weighted by atomic mass is 16.5. The predicted octanol–water partition coefficient (Wildman–Crippen LogP) is 4.28. The minimum absolute atomic E-state index is 0.185. The minimum atomic E-state index is 0.185. The Kier molecular flexibility index (Phi) is 6.08.